The quantitative estimate of drug-likeness (QED) is 0.863. The second-order valence-corrected chi connectivity index (χ2v) is 4.47. The normalized spacial score (nSPS) is 17.3. The summed E-state index contributed by atoms with van der Waals surface area (Å²) in [7, 11) is 0. The summed E-state index contributed by atoms with van der Waals surface area (Å²) in [6, 6.07) is 0. The van der Waals surface area contributed by atoms with Crippen LogP contribution in [-0.2, 0) is 0 Å². The van der Waals surface area contributed by atoms with Crippen LogP contribution in [0, 0.1) is 0 Å². The van der Waals surface area contributed by atoms with Crippen LogP contribution in [0.15, 0.2) is 6.20 Å². The molecule has 2 rings (SSSR count). The lowest BCUT2D eigenvalue weighted by Gasteiger charge is -2.20. The molecule has 1 aromatic heterocycles. The predicted octanol–water partition coefficient (Wildman–Crippen LogP) is 2.88. The Bertz CT molecular complexity index is 403. The highest BCUT2D eigenvalue weighted by Gasteiger charge is 2.20. The number of nitrogens with zero attached hydrogens (tertiary/aromatic N) is 2. The van der Waals surface area contributed by atoms with Gasteiger partial charge >= 0.3 is 5.97 Å². The van der Waals surface area contributed by atoms with Gasteiger partial charge < -0.3 is 5.11 Å². The molecular weight excluding hydrogens is 228 g/mol. The molecule has 0 aromatic carbocycles. The fourth-order valence-corrected chi connectivity index (χ4v) is 2.26. The fourth-order valence-electron chi connectivity index (χ4n) is 2.09. The number of aromatic nitrogens is 2. The molecule has 16 heavy (non-hydrogen) atoms. The largest absolute Gasteiger partial charge is 0.476 e. The fraction of sp³-hybridized carbons (Fsp3) is 0.545. The highest BCUT2D eigenvalue weighted by molar-refractivity contribution is 6.33. The minimum absolute atomic E-state index is 0.0859. The molecule has 0 saturated heterocycles. The Morgan fingerprint density at radius 3 is 2.69 bits per heavy atom. The SMILES string of the molecule is O=C(O)c1nc(C2CCCCC2)ncc1Cl. The molecular formula is C11H13ClN2O2. The van der Waals surface area contributed by atoms with Crippen molar-refractivity contribution in [2.75, 3.05) is 0 Å². The summed E-state index contributed by atoms with van der Waals surface area (Å²) in [5, 5.41) is 9.02. The second kappa shape index (κ2) is 4.78. The topological polar surface area (TPSA) is 63.1 Å². The van der Waals surface area contributed by atoms with Crippen molar-refractivity contribution in [1.82, 2.24) is 9.97 Å². The average molecular weight is 241 g/mol. The van der Waals surface area contributed by atoms with E-state index in [9.17, 15) is 4.79 Å². The Morgan fingerprint density at radius 1 is 1.38 bits per heavy atom. The highest BCUT2D eigenvalue weighted by Crippen LogP contribution is 2.31. The zero-order valence-electron chi connectivity index (χ0n) is 8.82. The molecule has 0 unspecified atom stereocenters. The molecule has 0 amide bonds. The Kier molecular flexibility index (Phi) is 3.39. The summed E-state index contributed by atoms with van der Waals surface area (Å²) in [6.07, 6.45) is 7.05. The molecule has 0 atom stereocenters. The maximum absolute atomic E-state index is 10.9. The number of carboxylic acids is 1. The molecule has 1 N–H and O–H groups in total. The van der Waals surface area contributed by atoms with Crippen LogP contribution in [0.3, 0.4) is 0 Å². The lowest BCUT2D eigenvalue weighted by molar-refractivity contribution is 0.0690. The summed E-state index contributed by atoms with van der Waals surface area (Å²) in [5.74, 6) is -0.171. The molecule has 0 aliphatic heterocycles. The number of rotatable bonds is 2. The van der Waals surface area contributed by atoms with Crippen molar-refractivity contribution in [3.05, 3.63) is 22.7 Å². The van der Waals surface area contributed by atoms with Gasteiger partial charge in [-0.05, 0) is 12.8 Å². The van der Waals surface area contributed by atoms with Gasteiger partial charge in [-0.15, -0.1) is 0 Å². The number of carbonyl (C=O) groups is 1. The van der Waals surface area contributed by atoms with Gasteiger partial charge in [0.25, 0.3) is 0 Å². The van der Waals surface area contributed by atoms with Crippen molar-refractivity contribution in [3.63, 3.8) is 0 Å². The zero-order valence-corrected chi connectivity index (χ0v) is 9.57. The van der Waals surface area contributed by atoms with Gasteiger partial charge in [0.15, 0.2) is 5.69 Å². The van der Waals surface area contributed by atoms with E-state index in [-0.39, 0.29) is 10.7 Å². The molecule has 1 aliphatic rings. The minimum atomic E-state index is -1.09. The molecule has 0 radical (unpaired) electrons. The first-order chi connectivity index (χ1) is 7.68. The van der Waals surface area contributed by atoms with Crippen LogP contribution in [0.2, 0.25) is 5.02 Å². The van der Waals surface area contributed by atoms with Crippen LogP contribution in [0.4, 0.5) is 0 Å². The third kappa shape index (κ3) is 2.32. The first-order valence-corrected chi connectivity index (χ1v) is 5.82. The van der Waals surface area contributed by atoms with E-state index in [0.29, 0.717) is 11.7 Å². The first kappa shape index (κ1) is 11.3. The van der Waals surface area contributed by atoms with Crippen LogP contribution in [0.5, 0.6) is 0 Å². The monoisotopic (exact) mass is 240 g/mol. The second-order valence-electron chi connectivity index (χ2n) is 4.06. The number of carboxylic acid groups (broad SMARTS) is 1. The van der Waals surface area contributed by atoms with Gasteiger partial charge in [0.1, 0.15) is 5.82 Å². The number of halogens is 1. The standard InChI is InChI=1S/C11H13ClN2O2/c12-8-6-13-10(14-9(8)11(15)16)7-4-2-1-3-5-7/h6-7H,1-5H2,(H,15,16). The van der Waals surface area contributed by atoms with Gasteiger partial charge in [-0.2, -0.15) is 0 Å². The van der Waals surface area contributed by atoms with Crippen molar-refractivity contribution < 1.29 is 9.90 Å². The minimum Gasteiger partial charge on any atom is -0.476 e. The number of aromatic carboxylic acids is 1. The third-order valence-corrected chi connectivity index (χ3v) is 3.21. The van der Waals surface area contributed by atoms with Gasteiger partial charge in [0.05, 0.1) is 11.2 Å². The van der Waals surface area contributed by atoms with Crippen molar-refractivity contribution in [2.24, 2.45) is 0 Å². The average Bonchev–Trinajstić information content (AvgIpc) is 2.30. The lowest BCUT2D eigenvalue weighted by Crippen LogP contribution is -2.12. The van der Waals surface area contributed by atoms with E-state index >= 15 is 0 Å². The van der Waals surface area contributed by atoms with Gasteiger partial charge in [0.2, 0.25) is 0 Å². The van der Waals surface area contributed by atoms with E-state index in [4.69, 9.17) is 16.7 Å². The van der Waals surface area contributed by atoms with Crippen molar-refractivity contribution in [3.8, 4) is 0 Å². The smallest absolute Gasteiger partial charge is 0.356 e. The van der Waals surface area contributed by atoms with Gasteiger partial charge in [-0.1, -0.05) is 30.9 Å². The number of hydrogen-bond acceptors (Lipinski definition) is 3. The van der Waals surface area contributed by atoms with E-state index in [0.717, 1.165) is 12.8 Å². The summed E-state index contributed by atoms with van der Waals surface area (Å²) < 4.78 is 0. The van der Waals surface area contributed by atoms with E-state index in [1.807, 2.05) is 0 Å². The molecule has 1 aliphatic carbocycles. The van der Waals surface area contributed by atoms with Gasteiger partial charge in [0, 0.05) is 5.92 Å². The molecule has 1 fully saturated rings. The van der Waals surface area contributed by atoms with Crippen molar-refractivity contribution in [2.45, 2.75) is 38.0 Å². The van der Waals surface area contributed by atoms with Gasteiger partial charge in [-0.3, -0.25) is 0 Å². The van der Waals surface area contributed by atoms with Crippen LogP contribution < -0.4 is 0 Å². The summed E-state index contributed by atoms with van der Waals surface area (Å²) in [6.45, 7) is 0. The predicted molar refractivity (Wildman–Crippen MR) is 59.8 cm³/mol. The van der Waals surface area contributed by atoms with Crippen LogP contribution in [-0.4, -0.2) is 21.0 Å². The van der Waals surface area contributed by atoms with Gasteiger partial charge in [-0.25, -0.2) is 14.8 Å². The maximum Gasteiger partial charge on any atom is 0.356 e. The number of hydrogen-bond donors (Lipinski definition) is 1. The maximum atomic E-state index is 10.9. The molecule has 1 saturated carbocycles. The van der Waals surface area contributed by atoms with E-state index < -0.39 is 5.97 Å². The lowest BCUT2D eigenvalue weighted by atomic mass is 9.88. The molecule has 86 valence electrons. The molecule has 1 aromatic rings. The Labute approximate surface area is 98.7 Å². The highest BCUT2D eigenvalue weighted by atomic mass is 35.5. The summed E-state index contributed by atoms with van der Waals surface area (Å²) >= 11 is 5.72. The van der Waals surface area contributed by atoms with Crippen LogP contribution >= 0.6 is 11.6 Å². The Hall–Kier alpha value is -1.16. The Morgan fingerprint density at radius 2 is 2.06 bits per heavy atom. The molecule has 0 bridgehead atoms. The van der Waals surface area contributed by atoms with E-state index in [2.05, 4.69) is 9.97 Å². The first-order valence-electron chi connectivity index (χ1n) is 5.44. The van der Waals surface area contributed by atoms with Crippen LogP contribution in [0.1, 0.15) is 54.3 Å². The molecule has 0 spiro atoms. The van der Waals surface area contributed by atoms with E-state index in [1.165, 1.54) is 25.5 Å². The molecule has 1 heterocycles. The van der Waals surface area contributed by atoms with Crippen LogP contribution in [0.25, 0.3) is 0 Å². The van der Waals surface area contributed by atoms with E-state index in [1.54, 1.807) is 0 Å². The van der Waals surface area contributed by atoms with Crippen molar-refractivity contribution >= 4 is 17.6 Å². The molecule has 5 heteroatoms. The zero-order chi connectivity index (χ0) is 11.5. The molecule has 4 nitrogen and oxygen atoms in total. The summed E-state index contributed by atoms with van der Waals surface area (Å²) in [5.41, 5.74) is -0.0859. The summed E-state index contributed by atoms with van der Waals surface area (Å²) in [4.78, 5) is 19.1. The van der Waals surface area contributed by atoms with Crippen molar-refractivity contribution in [1.29, 1.82) is 0 Å². The third-order valence-electron chi connectivity index (χ3n) is 2.94. The Balaban J connectivity index is 2.27.